The largest absolute Gasteiger partial charge is 0.480 e. The number of likely N-dealkylation sites (N-methyl/N-ethyl adjacent to an activating group) is 1. The lowest BCUT2D eigenvalue weighted by molar-refractivity contribution is -0.145. The van der Waals surface area contributed by atoms with Gasteiger partial charge in [0.1, 0.15) is 6.04 Å². The summed E-state index contributed by atoms with van der Waals surface area (Å²) < 4.78 is 0. The second kappa shape index (κ2) is 6.17. The minimum Gasteiger partial charge on any atom is -0.480 e. The first-order chi connectivity index (χ1) is 9.08. The van der Waals surface area contributed by atoms with E-state index in [0.29, 0.717) is 12.5 Å². The van der Waals surface area contributed by atoms with E-state index in [2.05, 4.69) is 24.4 Å². The molecule has 2 rings (SSSR count). The number of aliphatic carboxylic acids is 1. The lowest BCUT2D eigenvalue weighted by Gasteiger charge is -2.40. The van der Waals surface area contributed by atoms with E-state index in [4.69, 9.17) is 0 Å². The Bertz CT molecular complexity index is 421. The maximum atomic E-state index is 11.3. The van der Waals surface area contributed by atoms with Gasteiger partial charge in [0, 0.05) is 18.6 Å². The highest BCUT2D eigenvalue weighted by Crippen LogP contribution is 2.22. The second-order valence-electron chi connectivity index (χ2n) is 5.40. The highest BCUT2D eigenvalue weighted by atomic mass is 16.4. The van der Waals surface area contributed by atoms with Gasteiger partial charge in [0.2, 0.25) is 0 Å². The van der Waals surface area contributed by atoms with Crippen molar-refractivity contribution in [2.45, 2.75) is 44.4 Å². The van der Waals surface area contributed by atoms with Gasteiger partial charge in [-0.15, -0.1) is 0 Å². The Morgan fingerprint density at radius 2 is 2.05 bits per heavy atom. The molecule has 1 aliphatic rings. The summed E-state index contributed by atoms with van der Waals surface area (Å²) in [6.45, 7) is 2.89. The fourth-order valence-electron chi connectivity index (χ4n) is 2.72. The summed E-state index contributed by atoms with van der Waals surface area (Å²) in [5.41, 5.74) is 1.24. The molecule has 1 aliphatic heterocycles. The topological polar surface area (TPSA) is 52.6 Å². The van der Waals surface area contributed by atoms with Crippen LogP contribution in [0.3, 0.4) is 0 Å². The van der Waals surface area contributed by atoms with Gasteiger partial charge in [-0.1, -0.05) is 30.3 Å². The SMILES string of the molecule is CC1CC(NCc2ccccc2)C[C@@H](C(=O)O)N1C. The molecule has 1 aromatic rings. The van der Waals surface area contributed by atoms with Crippen molar-refractivity contribution < 1.29 is 9.90 Å². The number of hydrogen-bond acceptors (Lipinski definition) is 3. The van der Waals surface area contributed by atoms with E-state index < -0.39 is 5.97 Å². The Hall–Kier alpha value is -1.39. The van der Waals surface area contributed by atoms with Gasteiger partial charge in [0.05, 0.1) is 0 Å². The Kier molecular flexibility index (Phi) is 4.56. The molecule has 0 spiro atoms. The third-order valence-electron chi connectivity index (χ3n) is 4.04. The van der Waals surface area contributed by atoms with Crippen LogP contribution in [-0.2, 0) is 11.3 Å². The molecule has 1 heterocycles. The molecule has 0 aliphatic carbocycles. The quantitative estimate of drug-likeness (QED) is 0.867. The maximum absolute atomic E-state index is 11.3. The van der Waals surface area contributed by atoms with Gasteiger partial charge in [-0.3, -0.25) is 9.69 Å². The van der Waals surface area contributed by atoms with Gasteiger partial charge < -0.3 is 10.4 Å². The minimum atomic E-state index is -0.722. The van der Waals surface area contributed by atoms with Gasteiger partial charge in [-0.05, 0) is 32.4 Å². The van der Waals surface area contributed by atoms with Crippen molar-refractivity contribution in [2.75, 3.05) is 7.05 Å². The van der Waals surface area contributed by atoms with Crippen LogP contribution in [0.15, 0.2) is 30.3 Å². The third-order valence-corrected chi connectivity index (χ3v) is 4.04. The molecule has 2 N–H and O–H groups in total. The zero-order valence-corrected chi connectivity index (χ0v) is 11.5. The van der Waals surface area contributed by atoms with Crippen LogP contribution in [0.5, 0.6) is 0 Å². The molecular weight excluding hydrogens is 240 g/mol. The first kappa shape index (κ1) is 14.0. The molecule has 0 bridgehead atoms. The number of carboxylic acids is 1. The predicted molar refractivity (Wildman–Crippen MR) is 75.0 cm³/mol. The van der Waals surface area contributed by atoms with E-state index in [9.17, 15) is 9.90 Å². The number of nitrogens with zero attached hydrogens (tertiary/aromatic N) is 1. The van der Waals surface area contributed by atoms with E-state index in [0.717, 1.165) is 13.0 Å². The summed E-state index contributed by atoms with van der Waals surface area (Å²) in [4.78, 5) is 13.2. The van der Waals surface area contributed by atoms with Crippen molar-refractivity contribution in [1.82, 2.24) is 10.2 Å². The van der Waals surface area contributed by atoms with Crippen molar-refractivity contribution in [2.24, 2.45) is 0 Å². The Labute approximate surface area is 114 Å². The molecule has 2 unspecified atom stereocenters. The fourth-order valence-corrected chi connectivity index (χ4v) is 2.72. The minimum absolute atomic E-state index is 0.271. The van der Waals surface area contributed by atoms with Gasteiger partial charge in [0.25, 0.3) is 0 Å². The zero-order chi connectivity index (χ0) is 13.8. The van der Waals surface area contributed by atoms with E-state index in [1.165, 1.54) is 5.56 Å². The number of rotatable bonds is 4. The fraction of sp³-hybridized carbons (Fsp3) is 0.533. The number of nitrogens with one attached hydrogen (secondary N) is 1. The molecule has 4 heteroatoms. The van der Waals surface area contributed by atoms with Crippen LogP contribution >= 0.6 is 0 Å². The van der Waals surface area contributed by atoms with Gasteiger partial charge in [-0.25, -0.2) is 0 Å². The molecule has 0 radical (unpaired) electrons. The average Bonchev–Trinajstić information content (AvgIpc) is 2.41. The lowest BCUT2D eigenvalue weighted by atomic mass is 9.92. The third kappa shape index (κ3) is 3.55. The van der Waals surface area contributed by atoms with E-state index >= 15 is 0 Å². The molecule has 1 fully saturated rings. The normalized spacial score (nSPS) is 28.2. The average molecular weight is 262 g/mol. The molecule has 1 aromatic carbocycles. The van der Waals surface area contributed by atoms with Crippen molar-refractivity contribution >= 4 is 5.97 Å². The smallest absolute Gasteiger partial charge is 0.320 e. The number of carboxylic acid groups (broad SMARTS) is 1. The van der Waals surface area contributed by atoms with E-state index in [1.54, 1.807) is 0 Å². The Balaban J connectivity index is 1.92. The van der Waals surface area contributed by atoms with Crippen LogP contribution in [0.1, 0.15) is 25.3 Å². The summed E-state index contributed by atoms with van der Waals surface area (Å²) in [6.07, 6.45) is 1.66. The molecule has 0 saturated carbocycles. The van der Waals surface area contributed by atoms with Crippen molar-refractivity contribution in [3.63, 3.8) is 0 Å². The summed E-state index contributed by atoms with van der Waals surface area (Å²) in [5.74, 6) is -0.722. The summed E-state index contributed by atoms with van der Waals surface area (Å²) in [5, 5.41) is 12.7. The Morgan fingerprint density at radius 1 is 1.37 bits per heavy atom. The maximum Gasteiger partial charge on any atom is 0.320 e. The molecule has 4 nitrogen and oxygen atoms in total. The number of carbonyl (C=O) groups is 1. The molecule has 0 aromatic heterocycles. The van der Waals surface area contributed by atoms with Crippen LogP contribution in [-0.4, -0.2) is 41.1 Å². The molecule has 104 valence electrons. The van der Waals surface area contributed by atoms with Crippen molar-refractivity contribution in [3.05, 3.63) is 35.9 Å². The van der Waals surface area contributed by atoms with Gasteiger partial charge >= 0.3 is 5.97 Å². The molecule has 1 saturated heterocycles. The van der Waals surface area contributed by atoms with Gasteiger partial charge in [-0.2, -0.15) is 0 Å². The number of benzene rings is 1. The summed E-state index contributed by atoms with van der Waals surface area (Å²) in [6, 6.07) is 10.4. The van der Waals surface area contributed by atoms with Crippen molar-refractivity contribution in [3.8, 4) is 0 Å². The van der Waals surface area contributed by atoms with Crippen LogP contribution < -0.4 is 5.32 Å². The second-order valence-corrected chi connectivity index (χ2v) is 5.40. The predicted octanol–water partition coefficient (Wildman–Crippen LogP) is 1.71. The summed E-state index contributed by atoms with van der Waals surface area (Å²) >= 11 is 0. The summed E-state index contributed by atoms with van der Waals surface area (Å²) in [7, 11) is 1.90. The Morgan fingerprint density at radius 3 is 2.68 bits per heavy atom. The highest BCUT2D eigenvalue weighted by molar-refractivity contribution is 5.73. The van der Waals surface area contributed by atoms with Crippen LogP contribution in [0.2, 0.25) is 0 Å². The van der Waals surface area contributed by atoms with Crippen LogP contribution in [0, 0.1) is 0 Å². The lowest BCUT2D eigenvalue weighted by Crippen LogP contribution is -2.54. The van der Waals surface area contributed by atoms with Crippen molar-refractivity contribution in [1.29, 1.82) is 0 Å². The molecular formula is C15H22N2O2. The first-order valence-electron chi connectivity index (χ1n) is 6.80. The molecule has 19 heavy (non-hydrogen) atoms. The van der Waals surface area contributed by atoms with E-state index in [1.807, 2.05) is 30.1 Å². The van der Waals surface area contributed by atoms with Crippen LogP contribution in [0.25, 0.3) is 0 Å². The standard InChI is InChI=1S/C15H22N2O2/c1-11-8-13(9-14(15(18)19)17(11)2)16-10-12-6-4-3-5-7-12/h3-7,11,13-14,16H,8-10H2,1-2H3,(H,18,19)/t11?,13?,14-/m0/s1. The molecule has 0 amide bonds. The molecule has 3 atom stereocenters. The highest BCUT2D eigenvalue weighted by Gasteiger charge is 2.34. The van der Waals surface area contributed by atoms with E-state index in [-0.39, 0.29) is 12.1 Å². The number of hydrogen-bond donors (Lipinski definition) is 2. The van der Waals surface area contributed by atoms with Crippen LogP contribution in [0.4, 0.5) is 0 Å². The number of piperidine rings is 1. The first-order valence-corrected chi connectivity index (χ1v) is 6.80. The number of likely N-dealkylation sites (tertiary alicyclic amines) is 1. The zero-order valence-electron chi connectivity index (χ0n) is 11.5. The van der Waals surface area contributed by atoms with Gasteiger partial charge in [0.15, 0.2) is 0 Å². The monoisotopic (exact) mass is 262 g/mol.